The second-order valence-electron chi connectivity index (χ2n) is 5.48. The number of ether oxygens (including phenoxy) is 1. The van der Waals surface area contributed by atoms with Gasteiger partial charge in [-0.2, -0.15) is 0 Å². The maximum atomic E-state index is 11.9. The van der Waals surface area contributed by atoms with Crippen LogP contribution < -0.4 is 0 Å². The number of carbonyl (C=O) groups excluding carboxylic acids is 2. The van der Waals surface area contributed by atoms with Crippen molar-refractivity contribution >= 4 is 12.0 Å². The van der Waals surface area contributed by atoms with Gasteiger partial charge in [0, 0.05) is 26.6 Å². The van der Waals surface area contributed by atoms with Gasteiger partial charge in [0.05, 0.1) is 12.6 Å². The molecule has 1 fully saturated rings. The van der Waals surface area contributed by atoms with Gasteiger partial charge in [0.25, 0.3) is 0 Å². The monoisotopic (exact) mass is 258 g/mol. The second kappa shape index (κ2) is 5.56. The van der Waals surface area contributed by atoms with E-state index in [-0.39, 0.29) is 18.6 Å². The summed E-state index contributed by atoms with van der Waals surface area (Å²) in [6, 6.07) is -0.344. The number of aliphatic hydroxyl groups excluding tert-OH is 1. The fraction of sp³-hybridized carbons (Fsp3) is 0.833. The van der Waals surface area contributed by atoms with Crippen LogP contribution in [0.15, 0.2) is 0 Å². The molecular formula is C12H22N2O4. The molecule has 1 atom stereocenters. The van der Waals surface area contributed by atoms with Crippen molar-refractivity contribution in [2.45, 2.75) is 39.3 Å². The molecule has 18 heavy (non-hydrogen) atoms. The van der Waals surface area contributed by atoms with Crippen molar-refractivity contribution in [2.24, 2.45) is 0 Å². The molecule has 0 aromatic rings. The highest BCUT2D eigenvalue weighted by Crippen LogP contribution is 2.14. The lowest BCUT2D eigenvalue weighted by atomic mass is 10.1. The van der Waals surface area contributed by atoms with Gasteiger partial charge in [-0.25, -0.2) is 4.79 Å². The molecule has 6 heteroatoms. The average Bonchev–Trinajstić information content (AvgIpc) is 2.25. The fourth-order valence-electron chi connectivity index (χ4n) is 1.92. The first kappa shape index (κ1) is 14.8. The molecule has 0 aromatic heterocycles. The largest absolute Gasteiger partial charge is 0.444 e. The van der Waals surface area contributed by atoms with Crippen molar-refractivity contribution in [3.05, 3.63) is 0 Å². The summed E-state index contributed by atoms with van der Waals surface area (Å²) in [6.45, 7) is 7.90. The molecule has 0 radical (unpaired) electrons. The van der Waals surface area contributed by atoms with Crippen LogP contribution in [0.4, 0.5) is 4.79 Å². The van der Waals surface area contributed by atoms with Crippen LogP contribution in [0.25, 0.3) is 0 Å². The Morgan fingerprint density at radius 2 is 1.94 bits per heavy atom. The minimum absolute atomic E-state index is 0.0853. The van der Waals surface area contributed by atoms with Crippen LogP contribution in [0.3, 0.4) is 0 Å². The zero-order valence-corrected chi connectivity index (χ0v) is 11.5. The van der Waals surface area contributed by atoms with Crippen LogP contribution in [-0.4, -0.2) is 64.8 Å². The van der Waals surface area contributed by atoms with E-state index in [1.807, 2.05) is 0 Å². The summed E-state index contributed by atoms with van der Waals surface area (Å²) in [4.78, 5) is 26.3. The van der Waals surface area contributed by atoms with Gasteiger partial charge >= 0.3 is 6.09 Å². The van der Waals surface area contributed by atoms with Gasteiger partial charge in [0.15, 0.2) is 0 Å². The highest BCUT2D eigenvalue weighted by Gasteiger charge is 2.32. The Morgan fingerprint density at radius 1 is 1.33 bits per heavy atom. The van der Waals surface area contributed by atoms with E-state index in [1.54, 1.807) is 25.7 Å². The lowest BCUT2D eigenvalue weighted by Gasteiger charge is -2.40. The van der Waals surface area contributed by atoms with Crippen molar-refractivity contribution in [3.8, 4) is 0 Å². The maximum Gasteiger partial charge on any atom is 0.410 e. The molecule has 1 rings (SSSR count). The smallest absolute Gasteiger partial charge is 0.410 e. The molecule has 1 heterocycles. The molecule has 0 bridgehead atoms. The summed E-state index contributed by atoms with van der Waals surface area (Å²) in [5, 5.41) is 9.27. The molecule has 1 aliphatic rings. The predicted molar refractivity (Wildman–Crippen MR) is 66.1 cm³/mol. The van der Waals surface area contributed by atoms with Crippen LogP contribution in [0.5, 0.6) is 0 Å². The molecule has 0 saturated carbocycles. The first-order chi connectivity index (χ1) is 8.24. The molecule has 0 aromatic carbocycles. The topological polar surface area (TPSA) is 70.1 Å². The maximum absolute atomic E-state index is 11.9. The fourth-order valence-corrected chi connectivity index (χ4v) is 1.92. The Hall–Kier alpha value is -1.30. The number of aliphatic hydroxyl groups is 1. The number of amides is 2. The van der Waals surface area contributed by atoms with Gasteiger partial charge in [-0.3, -0.25) is 4.79 Å². The molecule has 2 amide bonds. The Kier molecular flexibility index (Phi) is 4.56. The molecule has 1 aliphatic heterocycles. The third-order valence-corrected chi connectivity index (χ3v) is 2.75. The van der Waals surface area contributed by atoms with Gasteiger partial charge in [-0.15, -0.1) is 0 Å². The molecular weight excluding hydrogens is 236 g/mol. The number of rotatable bonds is 1. The van der Waals surface area contributed by atoms with E-state index >= 15 is 0 Å². The normalized spacial score (nSPS) is 20.8. The van der Waals surface area contributed by atoms with Gasteiger partial charge < -0.3 is 19.6 Å². The standard InChI is InChI=1S/C12H22N2O4/c1-9(16)14-6-5-13(7-10(14)8-15)11(17)18-12(2,3)4/h10,15H,5-8H2,1-4H3/t10-/m0/s1. The Morgan fingerprint density at radius 3 is 2.39 bits per heavy atom. The summed E-state index contributed by atoms with van der Waals surface area (Å²) in [6.07, 6.45) is -0.399. The number of carbonyl (C=O) groups is 2. The van der Waals surface area contributed by atoms with Crippen LogP contribution in [0.2, 0.25) is 0 Å². The van der Waals surface area contributed by atoms with E-state index in [2.05, 4.69) is 0 Å². The second-order valence-corrected chi connectivity index (χ2v) is 5.48. The quantitative estimate of drug-likeness (QED) is 0.741. The third kappa shape index (κ3) is 3.87. The lowest BCUT2D eigenvalue weighted by Crippen LogP contribution is -2.58. The summed E-state index contributed by atoms with van der Waals surface area (Å²) < 4.78 is 5.27. The van der Waals surface area contributed by atoms with E-state index in [1.165, 1.54) is 11.8 Å². The number of hydrogen-bond acceptors (Lipinski definition) is 4. The number of hydrogen-bond donors (Lipinski definition) is 1. The van der Waals surface area contributed by atoms with Gasteiger partial charge in [0.1, 0.15) is 5.60 Å². The minimum atomic E-state index is -0.538. The highest BCUT2D eigenvalue weighted by molar-refractivity contribution is 5.74. The molecule has 0 aliphatic carbocycles. The Balaban J connectivity index is 2.62. The summed E-state index contributed by atoms with van der Waals surface area (Å²) in [5.41, 5.74) is -0.538. The Labute approximate surface area is 107 Å². The average molecular weight is 258 g/mol. The van der Waals surface area contributed by atoms with Gasteiger partial charge in [0.2, 0.25) is 5.91 Å². The summed E-state index contributed by atoms with van der Waals surface area (Å²) in [5.74, 6) is -0.0853. The van der Waals surface area contributed by atoms with E-state index < -0.39 is 11.7 Å². The summed E-state index contributed by atoms with van der Waals surface area (Å²) >= 11 is 0. The van der Waals surface area contributed by atoms with Gasteiger partial charge in [-0.05, 0) is 20.8 Å². The molecule has 1 N–H and O–H groups in total. The zero-order valence-electron chi connectivity index (χ0n) is 11.5. The molecule has 6 nitrogen and oxygen atoms in total. The van der Waals surface area contributed by atoms with E-state index in [4.69, 9.17) is 4.74 Å². The van der Waals surface area contributed by atoms with E-state index in [9.17, 15) is 14.7 Å². The molecule has 0 unspecified atom stereocenters. The van der Waals surface area contributed by atoms with Crippen molar-refractivity contribution in [1.29, 1.82) is 0 Å². The zero-order chi connectivity index (χ0) is 13.9. The molecule has 1 saturated heterocycles. The van der Waals surface area contributed by atoms with Gasteiger partial charge in [-0.1, -0.05) is 0 Å². The van der Waals surface area contributed by atoms with E-state index in [0.717, 1.165) is 0 Å². The highest BCUT2D eigenvalue weighted by atomic mass is 16.6. The third-order valence-electron chi connectivity index (χ3n) is 2.75. The minimum Gasteiger partial charge on any atom is -0.444 e. The SMILES string of the molecule is CC(=O)N1CCN(C(=O)OC(C)(C)C)C[C@H]1CO. The van der Waals surface area contributed by atoms with Crippen molar-refractivity contribution in [1.82, 2.24) is 9.80 Å². The first-order valence-electron chi connectivity index (χ1n) is 6.10. The van der Waals surface area contributed by atoms with Crippen LogP contribution in [0, 0.1) is 0 Å². The van der Waals surface area contributed by atoms with Crippen molar-refractivity contribution < 1.29 is 19.4 Å². The van der Waals surface area contributed by atoms with E-state index in [0.29, 0.717) is 19.6 Å². The summed E-state index contributed by atoms with van der Waals surface area (Å²) in [7, 11) is 0. The number of piperazine rings is 1. The number of nitrogens with zero attached hydrogens (tertiary/aromatic N) is 2. The lowest BCUT2D eigenvalue weighted by molar-refractivity contribution is -0.134. The van der Waals surface area contributed by atoms with Crippen LogP contribution in [0.1, 0.15) is 27.7 Å². The van der Waals surface area contributed by atoms with Crippen LogP contribution >= 0.6 is 0 Å². The van der Waals surface area contributed by atoms with Crippen LogP contribution in [-0.2, 0) is 9.53 Å². The molecule has 0 spiro atoms. The Bertz CT molecular complexity index is 325. The molecule has 104 valence electrons. The van der Waals surface area contributed by atoms with Crippen molar-refractivity contribution in [3.63, 3.8) is 0 Å². The predicted octanol–water partition coefficient (Wildman–Crippen LogP) is 0.447. The first-order valence-corrected chi connectivity index (χ1v) is 6.10. The van der Waals surface area contributed by atoms with Crippen molar-refractivity contribution in [2.75, 3.05) is 26.2 Å².